The number of rotatable bonds is 3. The first-order chi connectivity index (χ1) is 14.1. The average Bonchev–Trinajstić information content (AvgIpc) is 3.37. The van der Waals surface area contributed by atoms with Crippen molar-refractivity contribution in [1.29, 1.82) is 0 Å². The van der Waals surface area contributed by atoms with E-state index in [4.69, 9.17) is 4.42 Å². The molecule has 0 unspecified atom stereocenters. The molecule has 142 valence electrons. The van der Waals surface area contributed by atoms with E-state index in [0.717, 1.165) is 26.9 Å². The highest BCUT2D eigenvalue weighted by molar-refractivity contribution is 7.21. The van der Waals surface area contributed by atoms with Crippen molar-refractivity contribution in [2.24, 2.45) is 0 Å². The van der Waals surface area contributed by atoms with Crippen molar-refractivity contribution in [3.63, 3.8) is 0 Å². The summed E-state index contributed by atoms with van der Waals surface area (Å²) >= 11 is 1.27. The number of nitrogens with zero attached hydrogens (tertiary/aromatic N) is 1. The van der Waals surface area contributed by atoms with Gasteiger partial charge in [-0.1, -0.05) is 42.0 Å². The molecule has 2 N–H and O–H groups in total. The van der Waals surface area contributed by atoms with Crippen LogP contribution in [0.5, 0.6) is 0 Å². The summed E-state index contributed by atoms with van der Waals surface area (Å²) in [6, 6.07) is 18.7. The summed E-state index contributed by atoms with van der Waals surface area (Å²) < 4.78 is 6.14. The minimum absolute atomic E-state index is 0.322. The molecular weight excluding hydrogens is 386 g/mol. The molecule has 3 heterocycles. The molecule has 1 amide bonds. The van der Waals surface area contributed by atoms with Gasteiger partial charge in [-0.05, 0) is 30.7 Å². The zero-order valence-corrected chi connectivity index (χ0v) is 16.2. The van der Waals surface area contributed by atoms with E-state index in [-0.39, 0.29) is 5.91 Å². The lowest BCUT2D eigenvalue weighted by Gasteiger charge is -1.99. The molecule has 0 radical (unpaired) electrons. The number of hydrogen-bond acceptors (Lipinski definition) is 5. The molecule has 3 aromatic heterocycles. The first kappa shape index (κ1) is 17.4. The van der Waals surface area contributed by atoms with Crippen LogP contribution in [-0.2, 0) is 0 Å². The highest BCUT2D eigenvalue weighted by Crippen LogP contribution is 2.31. The minimum atomic E-state index is -0.446. The SMILES string of the molecule is Cc1ccc2oc(=O)c3cc(C(=O)Nc4cc(-c5ccccc5)[nH]n4)sc3c2c1. The van der Waals surface area contributed by atoms with Crippen molar-refractivity contribution in [2.45, 2.75) is 6.92 Å². The van der Waals surface area contributed by atoms with Crippen LogP contribution in [-0.4, -0.2) is 16.1 Å². The third-order valence-electron chi connectivity index (χ3n) is 4.66. The van der Waals surface area contributed by atoms with E-state index in [1.807, 2.05) is 49.4 Å². The van der Waals surface area contributed by atoms with Crippen LogP contribution in [0.25, 0.3) is 32.3 Å². The molecule has 0 fully saturated rings. The van der Waals surface area contributed by atoms with Crippen LogP contribution >= 0.6 is 11.3 Å². The zero-order chi connectivity index (χ0) is 20.0. The maximum atomic E-state index is 12.8. The normalized spacial score (nSPS) is 11.2. The van der Waals surface area contributed by atoms with E-state index >= 15 is 0 Å². The summed E-state index contributed by atoms with van der Waals surface area (Å²) in [5.41, 5.74) is 2.90. The van der Waals surface area contributed by atoms with Crippen LogP contribution in [0, 0.1) is 6.92 Å². The Kier molecular flexibility index (Phi) is 4.03. The van der Waals surface area contributed by atoms with Crippen molar-refractivity contribution in [2.75, 3.05) is 5.32 Å². The Balaban J connectivity index is 1.50. The van der Waals surface area contributed by atoms with Gasteiger partial charge in [0.15, 0.2) is 5.82 Å². The fourth-order valence-corrected chi connectivity index (χ4v) is 4.31. The Labute approximate surface area is 168 Å². The highest BCUT2D eigenvalue weighted by atomic mass is 32.1. The van der Waals surface area contributed by atoms with E-state index in [1.54, 1.807) is 18.2 Å². The fourth-order valence-electron chi connectivity index (χ4n) is 3.25. The molecule has 29 heavy (non-hydrogen) atoms. The third-order valence-corrected chi connectivity index (χ3v) is 5.83. The number of hydrogen-bond donors (Lipinski definition) is 2. The molecule has 0 aliphatic carbocycles. The lowest BCUT2D eigenvalue weighted by atomic mass is 10.1. The molecule has 5 rings (SSSR count). The van der Waals surface area contributed by atoms with Crippen molar-refractivity contribution in [3.8, 4) is 11.3 Å². The Morgan fingerprint density at radius 3 is 2.72 bits per heavy atom. The molecule has 2 aromatic carbocycles. The van der Waals surface area contributed by atoms with Crippen LogP contribution < -0.4 is 10.9 Å². The van der Waals surface area contributed by atoms with Gasteiger partial charge in [-0.15, -0.1) is 11.3 Å². The maximum absolute atomic E-state index is 12.8. The van der Waals surface area contributed by atoms with Gasteiger partial charge < -0.3 is 9.73 Å². The largest absolute Gasteiger partial charge is 0.422 e. The molecule has 7 heteroatoms. The summed E-state index contributed by atoms with van der Waals surface area (Å²) in [5.74, 6) is 0.0940. The lowest BCUT2D eigenvalue weighted by Crippen LogP contribution is -2.10. The van der Waals surface area contributed by atoms with E-state index in [2.05, 4.69) is 15.5 Å². The Morgan fingerprint density at radius 2 is 1.90 bits per heavy atom. The van der Waals surface area contributed by atoms with Gasteiger partial charge in [0.05, 0.1) is 20.7 Å². The first-order valence-corrected chi connectivity index (χ1v) is 9.79. The second kappa shape index (κ2) is 6.72. The Bertz CT molecular complexity index is 1430. The van der Waals surface area contributed by atoms with E-state index in [9.17, 15) is 9.59 Å². The first-order valence-electron chi connectivity index (χ1n) is 8.98. The number of benzene rings is 2. The number of H-pyrrole nitrogens is 1. The maximum Gasteiger partial charge on any atom is 0.345 e. The lowest BCUT2D eigenvalue weighted by molar-refractivity contribution is 0.103. The van der Waals surface area contributed by atoms with E-state index in [0.29, 0.717) is 21.7 Å². The van der Waals surface area contributed by atoms with Crippen LogP contribution in [0.4, 0.5) is 5.82 Å². The number of aryl methyl sites for hydroxylation is 1. The number of anilines is 1. The van der Waals surface area contributed by atoms with Gasteiger partial charge >= 0.3 is 5.63 Å². The number of carbonyl (C=O) groups is 1. The molecule has 0 bridgehead atoms. The summed E-state index contributed by atoms with van der Waals surface area (Å²) in [6.07, 6.45) is 0. The molecule has 0 spiro atoms. The smallest absolute Gasteiger partial charge is 0.345 e. The minimum Gasteiger partial charge on any atom is -0.422 e. The molecule has 0 atom stereocenters. The van der Waals surface area contributed by atoms with Gasteiger partial charge in [-0.2, -0.15) is 5.10 Å². The van der Waals surface area contributed by atoms with Crippen molar-refractivity contribution in [1.82, 2.24) is 10.2 Å². The molecule has 0 saturated heterocycles. The molecular formula is C22H15N3O3S. The summed E-state index contributed by atoms with van der Waals surface area (Å²) in [5, 5.41) is 11.1. The van der Waals surface area contributed by atoms with E-state index < -0.39 is 5.63 Å². The van der Waals surface area contributed by atoms with Gasteiger partial charge in [0.25, 0.3) is 5.91 Å². The second-order valence-corrected chi connectivity index (χ2v) is 7.78. The van der Waals surface area contributed by atoms with Gasteiger partial charge in [0.2, 0.25) is 0 Å². The van der Waals surface area contributed by atoms with Gasteiger partial charge in [-0.25, -0.2) is 4.79 Å². The van der Waals surface area contributed by atoms with Crippen LogP contribution in [0.1, 0.15) is 15.2 Å². The Hall–Kier alpha value is -3.71. The topological polar surface area (TPSA) is 88.0 Å². The number of carbonyl (C=O) groups excluding carboxylic acids is 1. The molecule has 0 aliphatic rings. The number of amides is 1. The molecule has 0 saturated carbocycles. The monoisotopic (exact) mass is 401 g/mol. The third kappa shape index (κ3) is 3.11. The standard InChI is InChI=1S/C22H15N3O3S/c1-12-7-8-17-14(9-12)20-15(22(27)28-17)10-18(29-20)21(26)23-19-11-16(24-25-19)13-5-3-2-4-6-13/h2-11H,1H3,(H2,23,24,25,26). The summed E-state index contributed by atoms with van der Waals surface area (Å²) in [4.78, 5) is 25.5. The van der Waals surface area contributed by atoms with Gasteiger partial charge in [-0.3, -0.25) is 9.89 Å². The second-order valence-electron chi connectivity index (χ2n) is 6.73. The predicted molar refractivity (Wildman–Crippen MR) is 115 cm³/mol. The molecule has 6 nitrogen and oxygen atoms in total. The number of fused-ring (bicyclic) bond motifs is 3. The number of thiophene rings is 1. The quantitative estimate of drug-likeness (QED) is 0.418. The van der Waals surface area contributed by atoms with Gasteiger partial charge in [0, 0.05) is 11.5 Å². The van der Waals surface area contributed by atoms with E-state index in [1.165, 1.54) is 11.3 Å². The molecule has 5 aromatic rings. The van der Waals surface area contributed by atoms with Crippen LogP contribution in [0.2, 0.25) is 0 Å². The van der Waals surface area contributed by atoms with Crippen LogP contribution in [0.3, 0.4) is 0 Å². The van der Waals surface area contributed by atoms with Crippen LogP contribution in [0.15, 0.2) is 69.9 Å². The number of nitrogens with one attached hydrogen (secondary N) is 2. The highest BCUT2D eigenvalue weighted by Gasteiger charge is 2.17. The zero-order valence-electron chi connectivity index (χ0n) is 15.4. The molecule has 0 aliphatic heterocycles. The fraction of sp³-hybridized carbons (Fsp3) is 0.0455. The number of aromatic amines is 1. The summed E-state index contributed by atoms with van der Waals surface area (Å²) in [7, 11) is 0. The van der Waals surface area contributed by atoms with Crippen molar-refractivity contribution < 1.29 is 9.21 Å². The number of aromatic nitrogens is 2. The Morgan fingerprint density at radius 1 is 1.07 bits per heavy atom. The van der Waals surface area contributed by atoms with Crippen molar-refractivity contribution >= 4 is 44.1 Å². The van der Waals surface area contributed by atoms with Gasteiger partial charge in [0.1, 0.15) is 5.58 Å². The average molecular weight is 401 g/mol. The predicted octanol–water partition coefficient (Wildman–Crippen LogP) is 4.96. The summed E-state index contributed by atoms with van der Waals surface area (Å²) in [6.45, 7) is 1.97. The van der Waals surface area contributed by atoms with Crippen molar-refractivity contribution in [3.05, 3.63) is 81.5 Å².